The standard InChI is InChI=1S/C22H21N7O/c30-22(25-18-13-16-5-1-2-7-19(16)23-14-18)17-6-3-11-28(15-17)20-8-9-21(27-26-20)29-12-4-10-24-29/h1-2,4-5,7-10,12-14,17H,3,6,11,15H2,(H,25,30). The molecule has 1 fully saturated rings. The summed E-state index contributed by atoms with van der Waals surface area (Å²) in [5.74, 6) is 1.34. The van der Waals surface area contributed by atoms with Crippen LogP contribution in [-0.4, -0.2) is 44.0 Å². The maximum atomic E-state index is 12.9. The number of piperidine rings is 1. The third kappa shape index (κ3) is 3.71. The molecule has 0 spiro atoms. The van der Waals surface area contributed by atoms with Crippen LogP contribution in [0.3, 0.4) is 0 Å². The zero-order valence-electron chi connectivity index (χ0n) is 16.3. The van der Waals surface area contributed by atoms with Crippen molar-refractivity contribution in [3.8, 4) is 5.82 Å². The zero-order chi connectivity index (χ0) is 20.3. The molecule has 3 aromatic heterocycles. The molecule has 0 saturated carbocycles. The number of hydrogen-bond acceptors (Lipinski definition) is 6. The number of carbonyl (C=O) groups is 1. The molecule has 1 aliphatic heterocycles. The lowest BCUT2D eigenvalue weighted by atomic mass is 9.97. The lowest BCUT2D eigenvalue weighted by Crippen LogP contribution is -2.41. The summed E-state index contributed by atoms with van der Waals surface area (Å²) in [5, 5.41) is 16.8. The van der Waals surface area contributed by atoms with Crippen molar-refractivity contribution >= 4 is 28.3 Å². The molecule has 1 aromatic carbocycles. The quantitative estimate of drug-likeness (QED) is 0.567. The smallest absolute Gasteiger partial charge is 0.229 e. The first-order chi connectivity index (χ1) is 14.8. The topological polar surface area (TPSA) is 88.8 Å². The van der Waals surface area contributed by atoms with Gasteiger partial charge in [-0.2, -0.15) is 5.10 Å². The van der Waals surface area contributed by atoms with Gasteiger partial charge in [-0.05, 0) is 43.2 Å². The molecule has 0 radical (unpaired) electrons. The minimum Gasteiger partial charge on any atom is -0.354 e. The highest BCUT2D eigenvalue weighted by Crippen LogP contribution is 2.23. The van der Waals surface area contributed by atoms with Gasteiger partial charge in [0.2, 0.25) is 5.91 Å². The summed E-state index contributed by atoms with van der Waals surface area (Å²) < 4.78 is 1.67. The van der Waals surface area contributed by atoms with Crippen LogP contribution in [0.1, 0.15) is 12.8 Å². The minimum absolute atomic E-state index is 0.0119. The zero-order valence-corrected chi connectivity index (χ0v) is 16.3. The van der Waals surface area contributed by atoms with E-state index in [9.17, 15) is 4.79 Å². The summed E-state index contributed by atoms with van der Waals surface area (Å²) in [4.78, 5) is 19.4. The predicted octanol–water partition coefficient (Wildman–Crippen LogP) is 3.07. The van der Waals surface area contributed by atoms with E-state index in [1.54, 1.807) is 17.1 Å². The van der Waals surface area contributed by atoms with Crippen LogP contribution in [0.25, 0.3) is 16.7 Å². The number of anilines is 2. The highest BCUT2D eigenvalue weighted by atomic mass is 16.1. The van der Waals surface area contributed by atoms with Crippen LogP contribution in [0.15, 0.2) is 67.1 Å². The molecule has 4 heterocycles. The molecule has 1 atom stereocenters. The van der Waals surface area contributed by atoms with Crippen LogP contribution < -0.4 is 10.2 Å². The van der Waals surface area contributed by atoms with Crippen molar-refractivity contribution in [2.24, 2.45) is 5.92 Å². The van der Waals surface area contributed by atoms with Crippen LogP contribution in [-0.2, 0) is 4.79 Å². The largest absolute Gasteiger partial charge is 0.354 e. The van der Waals surface area contributed by atoms with E-state index in [1.165, 1.54) is 0 Å². The maximum absolute atomic E-state index is 12.9. The van der Waals surface area contributed by atoms with Crippen molar-refractivity contribution < 1.29 is 4.79 Å². The molecule has 1 aliphatic rings. The third-order valence-electron chi connectivity index (χ3n) is 5.35. The van der Waals surface area contributed by atoms with Gasteiger partial charge in [-0.1, -0.05) is 18.2 Å². The van der Waals surface area contributed by atoms with E-state index in [-0.39, 0.29) is 11.8 Å². The Morgan fingerprint density at radius 2 is 1.93 bits per heavy atom. The first-order valence-corrected chi connectivity index (χ1v) is 10.0. The number of hydrogen-bond donors (Lipinski definition) is 1. The Morgan fingerprint density at radius 1 is 1.07 bits per heavy atom. The number of carbonyl (C=O) groups excluding carboxylic acids is 1. The van der Waals surface area contributed by atoms with E-state index in [1.807, 2.05) is 54.7 Å². The molecule has 5 rings (SSSR count). The second-order valence-electron chi connectivity index (χ2n) is 7.39. The van der Waals surface area contributed by atoms with Crippen molar-refractivity contribution in [1.82, 2.24) is 25.0 Å². The van der Waals surface area contributed by atoms with E-state index in [2.05, 4.69) is 30.5 Å². The number of fused-ring (bicyclic) bond motifs is 1. The van der Waals surface area contributed by atoms with Gasteiger partial charge < -0.3 is 10.2 Å². The van der Waals surface area contributed by atoms with Crippen molar-refractivity contribution in [2.75, 3.05) is 23.3 Å². The number of para-hydroxylation sites is 1. The van der Waals surface area contributed by atoms with E-state index in [0.29, 0.717) is 12.4 Å². The maximum Gasteiger partial charge on any atom is 0.229 e. The van der Waals surface area contributed by atoms with Gasteiger partial charge in [-0.25, -0.2) is 4.68 Å². The molecule has 4 aromatic rings. The molecule has 30 heavy (non-hydrogen) atoms. The Morgan fingerprint density at radius 3 is 2.77 bits per heavy atom. The van der Waals surface area contributed by atoms with Crippen molar-refractivity contribution in [1.29, 1.82) is 0 Å². The van der Waals surface area contributed by atoms with Gasteiger partial charge >= 0.3 is 0 Å². The average Bonchev–Trinajstić information content (AvgIpc) is 3.34. The number of nitrogens with zero attached hydrogens (tertiary/aromatic N) is 6. The predicted molar refractivity (Wildman–Crippen MR) is 114 cm³/mol. The fourth-order valence-corrected chi connectivity index (χ4v) is 3.80. The normalized spacial score (nSPS) is 16.5. The minimum atomic E-state index is -0.113. The fourth-order valence-electron chi connectivity index (χ4n) is 3.80. The second-order valence-corrected chi connectivity index (χ2v) is 7.39. The summed E-state index contributed by atoms with van der Waals surface area (Å²) >= 11 is 0. The number of pyridine rings is 1. The van der Waals surface area contributed by atoms with Gasteiger partial charge in [0.15, 0.2) is 11.6 Å². The van der Waals surface area contributed by atoms with E-state index in [0.717, 1.165) is 41.8 Å². The Kier molecular flexibility index (Phi) is 4.80. The number of benzene rings is 1. The van der Waals surface area contributed by atoms with Crippen molar-refractivity contribution in [3.05, 3.63) is 67.1 Å². The Hall–Kier alpha value is -3.81. The molecule has 1 amide bonds. The van der Waals surface area contributed by atoms with Gasteiger partial charge in [0.05, 0.1) is 23.3 Å². The van der Waals surface area contributed by atoms with Crippen LogP contribution in [0.5, 0.6) is 0 Å². The third-order valence-corrected chi connectivity index (χ3v) is 5.35. The van der Waals surface area contributed by atoms with Crippen LogP contribution >= 0.6 is 0 Å². The molecule has 1 N–H and O–H groups in total. The number of rotatable bonds is 4. The molecule has 0 bridgehead atoms. The average molecular weight is 399 g/mol. The van der Waals surface area contributed by atoms with Gasteiger partial charge in [0, 0.05) is 30.9 Å². The number of nitrogens with one attached hydrogen (secondary N) is 1. The van der Waals surface area contributed by atoms with E-state index < -0.39 is 0 Å². The molecular formula is C22H21N7O. The molecule has 0 aliphatic carbocycles. The van der Waals surface area contributed by atoms with Gasteiger partial charge in [-0.3, -0.25) is 9.78 Å². The molecule has 8 heteroatoms. The van der Waals surface area contributed by atoms with E-state index >= 15 is 0 Å². The molecular weight excluding hydrogens is 378 g/mol. The highest BCUT2D eigenvalue weighted by Gasteiger charge is 2.27. The Labute approximate surface area is 173 Å². The molecule has 150 valence electrons. The Balaban J connectivity index is 1.26. The summed E-state index contributed by atoms with van der Waals surface area (Å²) in [5.41, 5.74) is 1.63. The first-order valence-electron chi connectivity index (χ1n) is 10.0. The summed E-state index contributed by atoms with van der Waals surface area (Å²) in [6, 6.07) is 15.5. The van der Waals surface area contributed by atoms with Gasteiger partial charge in [-0.15, -0.1) is 10.2 Å². The lowest BCUT2D eigenvalue weighted by Gasteiger charge is -2.32. The second kappa shape index (κ2) is 7.90. The molecule has 8 nitrogen and oxygen atoms in total. The van der Waals surface area contributed by atoms with Crippen LogP contribution in [0, 0.1) is 5.92 Å². The fraction of sp³-hybridized carbons (Fsp3) is 0.227. The Bertz CT molecular complexity index is 1160. The van der Waals surface area contributed by atoms with Crippen LogP contribution in [0.4, 0.5) is 11.5 Å². The van der Waals surface area contributed by atoms with E-state index in [4.69, 9.17) is 0 Å². The molecule has 1 unspecified atom stereocenters. The lowest BCUT2D eigenvalue weighted by molar-refractivity contribution is -0.120. The first kappa shape index (κ1) is 18.2. The van der Waals surface area contributed by atoms with Gasteiger partial charge in [0.25, 0.3) is 0 Å². The summed E-state index contributed by atoms with van der Waals surface area (Å²) in [6.45, 7) is 1.47. The summed E-state index contributed by atoms with van der Waals surface area (Å²) in [6.07, 6.45) is 7.01. The molecule has 1 saturated heterocycles. The highest BCUT2D eigenvalue weighted by molar-refractivity contribution is 5.94. The van der Waals surface area contributed by atoms with Crippen molar-refractivity contribution in [3.63, 3.8) is 0 Å². The van der Waals surface area contributed by atoms with Crippen LogP contribution in [0.2, 0.25) is 0 Å². The number of amides is 1. The summed E-state index contributed by atoms with van der Waals surface area (Å²) in [7, 11) is 0. The number of aromatic nitrogens is 5. The monoisotopic (exact) mass is 399 g/mol. The van der Waals surface area contributed by atoms with Crippen molar-refractivity contribution in [2.45, 2.75) is 12.8 Å². The van der Waals surface area contributed by atoms with Gasteiger partial charge in [0.1, 0.15) is 0 Å². The SMILES string of the molecule is O=C(Nc1cnc2ccccc2c1)C1CCCN(c2ccc(-n3cccn3)nn2)C1.